The van der Waals surface area contributed by atoms with E-state index in [-0.39, 0.29) is 5.91 Å². The monoisotopic (exact) mass is 385 g/mol. The maximum absolute atomic E-state index is 12.3. The summed E-state index contributed by atoms with van der Waals surface area (Å²) in [5.41, 5.74) is 2.54. The van der Waals surface area contributed by atoms with Crippen LogP contribution in [0.25, 0.3) is 11.4 Å². The van der Waals surface area contributed by atoms with Crippen LogP contribution in [0.4, 0.5) is 0 Å². The Hall–Kier alpha value is -2.47. The maximum atomic E-state index is 12.3. The van der Waals surface area contributed by atoms with E-state index in [0.29, 0.717) is 17.3 Å². The molecule has 0 aliphatic heterocycles. The van der Waals surface area contributed by atoms with Crippen molar-refractivity contribution in [2.24, 2.45) is 0 Å². The number of amides is 1. The Labute approximate surface area is 148 Å². The molecule has 1 unspecified atom stereocenters. The molecule has 2 aromatic carbocycles. The molecule has 5 nitrogen and oxygen atoms in total. The van der Waals surface area contributed by atoms with Crippen LogP contribution in [0.3, 0.4) is 0 Å². The first-order valence-corrected chi connectivity index (χ1v) is 8.30. The van der Waals surface area contributed by atoms with Gasteiger partial charge >= 0.3 is 0 Å². The van der Waals surface area contributed by atoms with E-state index in [9.17, 15) is 4.79 Å². The Balaban J connectivity index is 1.77. The minimum absolute atomic E-state index is 0.203. The number of hydrogen-bond donors (Lipinski definition) is 1. The molecule has 1 N–H and O–H groups in total. The Bertz CT molecular complexity index is 876. The Morgan fingerprint density at radius 1 is 1.17 bits per heavy atom. The second kappa shape index (κ2) is 6.97. The topological polar surface area (TPSA) is 68.0 Å². The van der Waals surface area contributed by atoms with Crippen molar-refractivity contribution in [1.29, 1.82) is 0 Å². The van der Waals surface area contributed by atoms with Crippen molar-refractivity contribution in [1.82, 2.24) is 15.5 Å². The van der Waals surface area contributed by atoms with Crippen LogP contribution in [0.2, 0.25) is 0 Å². The lowest BCUT2D eigenvalue weighted by Gasteiger charge is -2.10. The molecule has 1 atom stereocenters. The van der Waals surface area contributed by atoms with Gasteiger partial charge in [-0.1, -0.05) is 41.6 Å². The predicted molar refractivity (Wildman–Crippen MR) is 94.5 cm³/mol. The molecule has 0 bridgehead atoms. The highest BCUT2D eigenvalue weighted by atomic mass is 79.9. The van der Waals surface area contributed by atoms with Crippen molar-refractivity contribution < 1.29 is 9.32 Å². The lowest BCUT2D eigenvalue weighted by atomic mass is 10.1. The zero-order valence-electron chi connectivity index (χ0n) is 13.3. The molecule has 0 saturated carbocycles. The zero-order valence-corrected chi connectivity index (χ0v) is 14.9. The normalized spacial score (nSPS) is 12.0. The van der Waals surface area contributed by atoms with E-state index in [1.54, 1.807) is 6.07 Å². The zero-order chi connectivity index (χ0) is 17.1. The van der Waals surface area contributed by atoms with Crippen LogP contribution in [-0.4, -0.2) is 16.0 Å². The van der Waals surface area contributed by atoms with E-state index in [2.05, 4.69) is 31.4 Å². The molecular weight excluding hydrogens is 370 g/mol. The second-order valence-electron chi connectivity index (χ2n) is 5.45. The number of halogens is 1. The number of carbonyl (C=O) groups is 1. The SMILES string of the molecule is Cc1ccccc1-c1noc(C(C)NC(=O)c2ccccc2Br)n1. The fourth-order valence-corrected chi connectivity index (χ4v) is 2.79. The van der Waals surface area contributed by atoms with Gasteiger partial charge < -0.3 is 9.84 Å². The van der Waals surface area contributed by atoms with Crippen LogP contribution in [0.1, 0.15) is 34.8 Å². The van der Waals surface area contributed by atoms with E-state index < -0.39 is 6.04 Å². The van der Waals surface area contributed by atoms with Gasteiger partial charge in [-0.3, -0.25) is 4.79 Å². The van der Waals surface area contributed by atoms with Gasteiger partial charge in [0.15, 0.2) is 0 Å². The molecule has 24 heavy (non-hydrogen) atoms. The number of benzene rings is 2. The third kappa shape index (κ3) is 3.38. The van der Waals surface area contributed by atoms with Crippen molar-refractivity contribution in [3.63, 3.8) is 0 Å². The minimum atomic E-state index is -0.394. The first kappa shape index (κ1) is 16.4. The van der Waals surface area contributed by atoms with Gasteiger partial charge in [0.05, 0.1) is 5.56 Å². The van der Waals surface area contributed by atoms with Gasteiger partial charge in [0.2, 0.25) is 11.7 Å². The lowest BCUT2D eigenvalue weighted by molar-refractivity contribution is 0.0931. The van der Waals surface area contributed by atoms with E-state index in [1.807, 2.05) is 56.3 Å². The number of nitrogens with zero attached hydrogens (tertiary/aromatic N) is 2. The number of rotatable bonds is 4. The third-order valence-corrected chi connectivity index (χ3v) is 4.36. The standard InChI is InChI=1S/C18H16BrN3O2/c1-11-7-3-4-8-13(11)16-21-18(24-22-16)12(2)20-17(23)14-9-5-6-10-15(14)19/h3-10,12H,1-2H3,(H,20,23). The summed E-state index contributed by atoms with van der Waals surface area (Å²) in [5, 5.41) is 6.89. The Morgan fingerprint density at radius 2 is 1.88 bits per heavy atom. The highest BCUT2D eigenvalue weighted by molar-refractivity contribution is 9.10. The molecule has 0 aliphatic carbocycles. The smallest absolute Gasteiger partial charge is 0.253 e. The van der Waals surface area contributed by atoms with Gasteiger partial charge in [-0.05, 0) is 47.5 Å². The van der Waals surface area contributed by atoms with E-state index in [1.165, 1.54) is 0 Å². The molecule has 0 radical (unpaired) electrons. The number of hydrogen-bond acceptors (Lipinski definition) is 4. The van der Waals surface area contributed by atoms with Crippen molar-refractivity contribution in [2.75, 3.05) is 0 Å². The summed E-state index contributed by atoms with van der Waals surface area (Å²) in [7, 11) is 0. The van der Waals surface area contributed by atoms with Crippen molar-refractivity contribution >= 4 is 21.8 Å². The average molecular weight is 386 g/mol. The maximum Gasteiger partial charge on any atom is 0.253 e. The molecule has 6 heteroatoms. The van der Waals surface area contributed by atoms with Gasteiger partial charge in [-0.2, -0.15) is 4.98 Å². The summed E-state index contributed by atoms with van der Waals surface area (Å²) in [5.74, 6) is 0.685. The molecule has 1 aromatic heterocycles. The highest BCUT2D eigenvalue weighted by Gasteiger charge is 2.19. The van der Waals surface area contributed by atoms with Crippen LogP contribution in [0.15, 0.2) is 57.5 Å². The molecule has 0 saturated heterocycles. The lowest BCUT2D eigenvalue weighted by Crippen LogP contribution is -2.27. The molecule has 3 rings (SSSR count). The summed E-state index contributed by atoms with van der Waals surface area (Å²) >= 11 is 3.37. The molecule has 0 aliphatic rings. The summed E-state index contributed by atoms with van der Waals surface area (Å²) in [6.45, 7) is 3.80. The van der Waals surface area contributed by atoms with E-state index in [4.69, 9.17) is 4.52 Å². The van der Waals surface area contributed by atoms with Crippen molar-refractivity contribution in [3.8, 4) is 11.4 Å². The van der Waals surface area contributed by atoms with Crippen LogP contribution in [0, 0.1) is 6.92 Å². The first-order valence-electron chi connectivity index (χ1n) is 7.51. The van der Waals surface area contributed by atoms with E-state index in [0.717, 1.165) is 15.6 Å². The van der Waals surface area contributed by atoms with Crippen LogP contribution < -0.4 is 5.32 Å². The van der Waals surface area contributed by atoms with Gasteiger partial charge in [-0.15, -0.1) is 0 Å². The highest BCUT2D eigenvalue weighted by Crippen LogP contribution is 2.22. The second-order valence-corrected chi connectivity index (χ2v) is 6.30. The largest absolute Gasteiger partial charge is 0.340 e. The third-order valence-electron chi connectivity index (χ3n) is 3.66. The molecule has 1 amide bonds. The minimum Gasteiger partial charge on any atom is -0.340 e. The quantitative estimate of drug-likeness (QED) is 0.726. The van der Waals surface area contributed by atoms with Crippen LogP contribution in [-0.2, 0) is 0 Å². The molecule has 0 fully saturated rings. The molecule has 0 spiro atoms. The summed E-state index contributed by atoms with van der Waals surface area (Å²) in [6, 6.07) is 14.7. The number of aromatic nitrogens is 2. The van der Waals surface area contributed by atoms with Crippen LogP contribution >= 0.6 is 15.9 Å². The summed E-state index contributed by atoms with van der Waals surface area (Å²) < 4.78 is 6.05. The number of aryl methyl sites for hydroxylation is 1. The van der Waals surface area contributed by atoms with Gasteiger partial charge in [-0.25, -0.2) is 0 Å². The fraction of sp³-hybridized carbons (Fsp3) is 0.167. The average Bonchev–Trinajstić information content (AvgIpc) is 3.05. The van der Waals surface area contributed by atoms with Crippen LogP contribution in [0.5, 0.6) is 0 Å². The predicted octanol–water partition coefficient (Wildman–Crippen LogP) is 4.30. The van der Waals surface area contributed by atoms with Gasteiger partial charge in [0, 0.05) is 10.0 Å². The summed E-state index contributed by atoms with van der Waals surface area (Å²) in [4.78, 5) is 16.8. The van der Waals surface area contributed by atoms with Gasteiger partial charge in [0.25, 0.3) is 5.91 Å². The molecule has 1 heterocycles. The molecular formula is C18H16BrN3O2. The number of carbonyl (C=O) groups excluding carboxylic acids is 1. The first-order chi connectivity index (χ1) is 11.6. The molecule has 3 aromatic rings. The van der Waals surface area contributed by atoms with Gasteiger partial charge in [0.1, 0.15) is 6.04 Å². The fourth-order valence-electron chi connectivity index (χ4n) is 2.33. The molecule has 122 valence electrons. The summed E-state index contributed by atoms with van der Waals surface area (Å²) in [6.07, 6.45) is 0. The van der Waals surface area contributed by atoms with Crippen molar-refractivity contribution in [3.05, 3.63) is 70.0 Å². The Kier molecular flexibility index (Phi) is 4.76. The number of nitrogens with one attached hydrogen (secondary N) is 1. The van der Waals surface area contributed by atoms with E-state index >= 15 is 0 Å². The van der Waals surface area contributed by atoms with Crippen molar-refractivity contribution in [2.45, 2.75) is 19.9 Å². The Morgan fingerprint density at radius 3 is 2.62 bits per heavy atom.